The van der Waals surface area contributed by atoms with E-state index in [0.717, 1.165) is 51.9 Å². The van der Waals surface area contributed by atoms with Gasteiger partial charge in [0, 0.05) is 19.0 Å². The molecule has 0 radical (unpaired) electrons. The molecule has 0 aromatic heterocycles. The van der Waals surface area contributed by atoms with E-state index in [1.165, 1.54) is 12.8 Å². The maximum absolute atomic E-state index is 12.7. The molecule has 2 saturated heterocycles. The number of anilines is 1. The van der Waals surface area contributed by atoms with Gasteiger partial charge < -0.3 is 10.2 Å². The molecule has 2 fully saturated rings. The van der Waals surface area contributed by atoms with Crippen LogP contribution in [0.5, 0.6) is 0 Å². The number of likely N-dealkylation sites (tertiary alicyclic amines) is 2. The lowest BCUT2D eigenvalue weighted by atomic mass is 9.95. The molecule has 1 aromatic rings. The first-order valence-electron chi connectivity index (χ1n) is 9.69. The van der Waals surface area contributed by atoms with Gasteiger partial charge in [-0.3, -0.25) is 14.5 Å². The number of hydrogen-bond donors (Lipinski definition) is 1. The lowest BCUT2D eigenvalue weighted by Crippen LogP contribution is -2.44. The molecule has 3 rings (SSSR count). The number of halogens is 1. The fourth-order valence-electron chi connectivity index (χ4n) is 3.84. The molecule has 0 spiro atoms. The van der Waals surface area contributed by atoms with E-state index in [-0.39, 0.29) is 11.8 Å². The van der Waals surface area contributed by atoms with Crippen LogP contribution in [0.2, 0.25) is 5.02 Å². The first-order valence-corrected chi connectivity index (χ1v) is 10.1. The first kappa shape index (κ1) is 19.2. The standard InChI is InChI=1S/C20H28ClN3O2/c21-17-7-3-4-8-18(17)22-19(25)15-23-13-9-16(10-14-23)20(26)24-11-5-1-2-6-12-24/h3-4,7-8,16H,1-2,5-6,9-15H2,(H,22,25). The minimum absolute atomic E-state index is 0.0598. The summed E-state index contributed by atoms with van der Waals surface area (Å²) in [6, 6.07) is 7.24. The summed E-state index contributed by atoms with van der Waals surface area (Å²) < 4.78 is 0. The second kappa shape index (κ2) is 9.38. The van der Waals surface area contributed by atoms with Gasteiger partial charge in [-0.2, -0.15) is 0 Å². The molecule has 1 N–H and O–H groups in total. The van der Waals surface area contributed by atoms with Crippen molar-refractivity contribution < 1.29 is 9.59 Å². The lowest BCUT2D eigenvalue weighted by Gasteiger charge is -2.33. The van der Waals surface area contributed by atoms with Gasteiger partial charge in [0.05, 0.1) is 17.3 Å². The van der Waals surface area contributed by atoms with Crippen LogP contribution in [0.3, 0.4) is 0 Å². The topological polar surface area (TPSA) is 52.7 Å². The highest BCUT2D eigenvalue weighted by Crippen LogP contribution is 2.23. The summed E-state index contributed by atoms with van der Waals surface area (Å²) in [4.78, 5) is 29.2. The fraction of sp³-hybridized carbons (Fsp3) is 0.600. The Hall–Kier alpha value is -1.59. The molecule has 6 heteroatoms. The molecule has 0 aliphatic carbocycles. The van der Waals surface area contributed by atoms with Gasteiger partial charge in [0.1, 0.15) is 0 Å². The van der Waals surface area contributed by atoms with Crippen LogP contribution in [0.1, 0.15) is 38.5 Å². The third-order valence-electron chi connectivity index (χ3n) is 5.37. The molecule has 2 aliphatic heterocycles. The Morgan fingerprint density at radius 3 is 2.31 bits per heavy atom. The molecule has 2 heterocycles. The van der Waals surface area contributed by atoms with Gasteiger partial charge in [0.25, 0.3) is 0 Å². The van der Waals surface area contributed by atoms with Crippen molar-refractivity contribution in [3.8, 4) is 0 Å². The van der Waals surface area contributed by atoms with Gasteiger partial charge in [0.15, 0.2) is 0 Å². The number of carbonyl (C=O) groups is 2. The Morgan fingerprint density at radius 1 is 1.00 bits per heavy atom. The summed E-state index contributed by atoms with van der Waals surface area (Å²) in [5.74, 6) is 0.387. The minimum Gasteiger partial charge on any atom is -0.342 e. The Balaban J connectivity index is 1.44. The highest BCUT2D eigenvalue weighted by Gasteiger charge is 2.29. The van der Waals surface area contributed by atoms with Crippen molar-refractivity contribution in [2.45, 2.75) is 38.5 Å². The van der Waals surface area contributed by atoms with Crippen molar-refractivity contribution in [2.75, 3.05) is 38.0 Å². The van der Waals surface area contributed by atoms with Crippen LogP contribution in [-0.2, 0) is 9.59 Å². The van der Waals surface area contributed by atoms with Crippen LogP contribution in [0.4, 0.5) is 5.69 Å². The van der Waals surface area contributed by atoms with E-state index in [2.05, 4.69) is 15.1 Å². The highest BCUT2D eigenvalue weighted by molar-refractivity contribution is 6.33. The van der Waals surface area contributed by atoms with Gasteiger partial charge in [-0.15, -0.1) is 0 Å². The number of hydrogen-bond acceptors (Lipinski definition) is 3. The molecular weight excluding hydrogens is 350 g/mol. The number of amides is 2. The maximum Gasteiger partial charge on any atom is 0.238 e. The van der Waals surface area contributed by atoms with E-state index in [1.807, 2.05) is 12.1 Å². The number of nitrogens with one attached hydrogen (secondary N) is 1. The molecule has 2 aliphatic rings. The van der Waals surface area contributed by atoms with Crippen LogP contribution in [0.15, 0.2) is 24.3 Å². The van der Waals surface area contributed by atoms with Crippen LogP contribution in [0.25, 0.3) is 0 Å². The third-order valence-corrected chi connectivity index (χ3v) is 5.70. The molecule has 26 heavy (non-hydrogen) atoms. The Morgan fingerprint density at radius 2 is 1.65 bits per heavy atom. The van der Waals surface area contributed by atoms with Crippen molar-refractivity contribution >= 4 is 29.1 Å². The number of carbonyl (C=O) groups excluding carboxylic acids is 2. The Bertz CT molecular complexity index is 621. The Labute approximate surface area is 160 Å². The van der Waals surface area contributed by atoms with Gasteiger partial charge in [-0.1, -0.05) is 36.6 Å². The van der Waals surface area contributed by atoms with Crippen LogP contribution in [-0.4, -0.2) is 54.3 Å². The summed E-state index contributed by atoms with van der Waals surface area (Å²) in [5, 5.41) is 3.41. The zero-order chi connectivity index (χ0) is 18.4. The average Bonchev–Trinajstić information content (AvgIpc) is 2.93. The van der Waals surface area contributed by atoms with Gasteiger partial charge in [-0.05, 0) is 50.9 Å². The summed E-state index contributed by atoms with van der Waals surface area (Å²) in [5.41, 5.74) is 0.644. The molecule has 0 atom stereocenters. The van der Waals surface area contributed by atoms with E-state index in [0.29, 0.717) is 23.2 Å². The van der Waals surface area contributed by atoms with Gasteiger partial charge in [0.2, 0.25) is 11.8 Å². The second-order valence-corrected chi connectivity index (χ2v) is 7.73. The molecule has 1 aromatic carbocycles. The van der Waals surface area contributed by atoms with Crippen molar-refractivity contribution in [1.82, 2.24) is 9.80 Å². The van der Waals surface area contributed by atoms with Crippen LogP contribution >= 0.6 is 11.6 Å². The molecule has 5 nitrogen and oxygen atoms in total. The number of benzene rings is 1. The summed E-state index contributed by atoms with van der Waals surface area (Å²) in [6.07, 6.45) is 6.43. The van der Waals surface area contributed by atoms with Crippen molar-refractivity contribution in [3.63, 3.8) is 0 Å². The van der Waals surface area contributed by atoms with E-state index in [1.54, 1.807) is 12.1 Å². The molecular formula is C20H28ClN3O2. The second-order valence-electron chi connectivity index (χ2n) is 7.32. The van der Waals surface area contributed by atoms with Crippen molar-refractivity contribution in [1.29, 1.82) is 0 Å². The molecule has 142 valence electrons. The first-order chi connectivity index (χ1) is 12.6. The third kappa shape index (κ3) is 5.21. The highest BCUT2D eigenvalue weighted by atomic mass is 35.5. The largest absolute Gasteiger partial charge is 0.342 e. The zero-order valence-electron chi connectivity index (χ0n) is 15.3. The quantitative estimate of drug-likeness (QED) is 0.874. The summed E-state index contributed by atoms with van der Waals surface area (Å²) >= 11 is 6.08. The Kier molecular flexibility index (Phi) is 6.92. The zero-order valence-corrected chi connectivity index (χ0v) is 16.0. The monoisotopic (exact) mass is 377 g/mol. The fourth-order valence-corrected chi connectivity index (χ4v) is 4.03. The van der Waals surface area contributed by atoms with E-state index in [4.69, 9.17) is 11.6 Å². The van der Waals surface area contributed by atoms with Crippen LogP contribution < -0.4 is 5.32 Å². The predicted octanol–water partition coefficient (Wildman–Crippen LogP) is 3.39. The SMILES string of the molecule is O=C(CN1CCC(C(=O)N2CCCCCC2)CC1)Nc1ccccc1Cl. The smallest absolute Gasteiger partial charge is 0.238 e. The van der Waals surface area contributed by atoms with Crippen LogP contribution in [0, 0.1) is 5.92 Å². The number of para-hydroxylation sites is 1. The number of nitrogens with zero attached hydrogens (tertiary/aromatic N) is 2. The number of rotatable bonds is 4. The molecule has 0 saturated carbocycles. The summed E-state index contributed by atoms with van der Waals surface area (Å²) in [7, 11) is 0. The van der Waals surface area contributed by atoms with E-state index >= 15 is 0 Å². The molecule has 0 bridgehead atoms. The lowest BCUT2D eigenvalue weighted by molar-refractivity contribution is -0.137. The van der Waals surface area contributed by atoms with E-state index < -0.39 is 0 Å². The van der Waals surface area contributed by atoms with Gasteiger partial charge >= 0.3 is 0 Å². The number of piperidine rings is 1. The molecule has 0 unspecified atom stereocenters. The van der Waals surface area contributed by atoms with Gasteiger partial charge in [-0.25, -0.2) is 0 Å². The minimum atomic E-state index is -0.0598. The average molecular weight is 378 g/mol. The van der Waals surface area contributed by atoms with Crippen molar-refractivity contribution in [2.24, 2.45) is 5.92 Å². The predicted molar refractivity (Wildman–Crippen MR) is 104 cm³/mol. The van der Waals surface area contributed by atoms with E-state index in [9.17, 15) is 9.59 Å². The maximum atomic E-state index is 12.7. The summed E-state index contributed by atoms with van der Waals surface area (Å²) in [6.45, 7) is 3.76. The van der Waals surface area contributed by atoms with Crippen molar-refractivity contribution in [3.05, 3.63) is 29.3 Å². The normalized spacial score (nSPS) is 19.8. The molecule has 2 amide bonds.